The summed E-state index contributed by atoms with van der Waals surface area (Å²) in [6, 6.07) is 4.33. The minimum absolute atomic E-state index is 0.481. The van der Waals surface area contributed by atoms with Gasteiger partial charge >= 0.3 is 0 Å². The van der Waals surface area contributed by atoms with Crippen LogP contribution < -0.4 is 10.6 Å². The molecule has 1 atom stereocenters. The monoisotopic (exact) mass is 394 g/mol. The fourth-order valence-electron chi connectivity index (χ4n) is 3.31. The van der Waals surface area contributed by atoms with E-state index in [4.69, 9.17) is 16.6 Å². The van der Waals surface area contributed by atoms with Crippen LogP contribution >= 0.6 is 11.6 Å². The van der Waals surface area contributed by atoms with Crippen LogP contribution in [0, 0.1) is 5.92 Å². The zero-order valence-electron chi connectivity index (χ0n) is 17.2. The minimum Gasteiger partial charge on any atom is -0.357 e. The highest BCUT2D eigenvalue weighted by molar-refractivity contribution is 6.29. The van der Waals surface area contributed by atoms with E-state index < -0.39 is 0 Å². The fraction of sp³-hybridized carbons (Fsp3) is 0.700. The molecule has 0 saturated carbocycles. The van der Waals surface area contributed by atoms with E-state index in [-0.39, 0.29) is 0 Å². The Kier molecular flexibility index (Phi) is 9.31. The first-order chi connectivity index (χ1) is 13.0. The van der Waals surface area contributed by atoms with Gasteiger partial charge in [0.05, 0.1) is 6.54 Å². The third kappa shape index (κ3) is 7.64. The molecule has 6 nitrogen and oxygen atoms in total. The van der Waals surface area contributed by atoms with E-state index in [2.05, 4.69) is 53.2 Å². The Labute approximate surface area is 169 Å². The van der Waals surface area contributed by atoms with Gasteiger partial charge in [-0.05, 0) is 37.9 Å². The highest BCUT2D eigenvalue weighted by Gasteiger charge is 2.24. The van der Waals surface area contributed by atoms with Crippen LogP contribution in [0.4, 0.5) is 0 Å². The van der Waals surface area contributed by atoms with Gasteiger partial charge in [0.1, 0.15) is 5.15 Å². The van der Waals surface area contributed by atoms with Crippen molar-refractivity contribution in [3.8, 4) is 0 Å². The van der Waals surface area contributed by atoms with Crippen LogP contribution in [0.15, 0.2) is 23.3 Å². The van der Waals surface area contributed by atoms with Crippen molar-refractivity contribution in [2.24, 2.45) is 10.9 Å². The van der Waals surface area contributed by atoms with Gasteiger partial charge in [0, 0.05) is 51.5 Å². The highest BCUT2D eigenvalue weighted by atomic mass is 35.5. The number of pyridine rings is 1. The number of rotatable bonds is 8. The Morgan fingerprint density at radius 1 is 1.22 bits per heavy atom. The van der Waals surface area contributed by atoms with Crippen molar-refractivity contribution in [2.45, 2.75) is 33.2 Å². The van der Waals surface area contributed by atoms with E-state index in [0.717, 1.165) is 58.2 Å². The van der Waals surface area contributed by atoms with Crippen LogP contribution in [0.2, 0.25) is 5.15 Å². The number of nitrogens with zero attached hydrogens (tertiary/aromatic N) is 4. The van der Waals surface area contributed by atoms with Crippen LogP contribution in [0.1, 0.15) is 26.3 Å². The molecule has 0 aliphatic carbocycles. The second-order valence-corrected chi connectivity index (χ2v) is 7.92. The molecule has 2 N–H and O–H groups in total. The molecule has 0 spiro atoms. The molecule has 1 saturated heterocycles. The Morgan fingerprint density at radius 3 is 2.56 bits per heavy atom. The van der Waals surface area contributed by atoms with Gasteiger partial charge in [0.15, 0.2) is 5.96 Å². The third-order valence-electron chi connectivity index (χ3n) is 5.05. The third-order valence-corrected chi connectivity index (χ3v) is 5.28. The van der Waals surface area contributed by atoms with Crippen LogP contribution in [0.3, 0.4) is 0 Å². The molecule has 2 heterocycles. The van der Waals surface area contributed by atoms with Gasteiger partial charge in [-0.2, -0.15) is 0 Å². The summed E-state index contributed by atoms with van der Waals surface area (Å²) in [4.78, 5) is 14.0. The van der Waals surface area contributed by atoms with Gasteiger partial charge in [-0.15, -0.1) is 0 Å². The second kappa shape index (κ2) is 11.5. The van der Waals surface area contributed by atoms with Gasteiger partial charge < -0.3 is 15.5 Å². The Hall–Kier alpha value is -1.37. The van der Waals surface area contributed by atoms with Crippen molar-refractivity contribution < 1.29 is 0 Å². The molecule has 152 valence electrons. The van der Waals surface area contributed by atoms with Gasteiger partial charge in [0.2, 0.25) is 0 Å². The van der Waals surface area contributed by atoms with E-state index in [1.54, 1.807) is 0 Å². The van der Waals surface area contributed by atoms with Crippen molar-refractivity contribution >= 4 is 17.6 Å². The van der Waals surface area contributed by atoms with E-state index in [0.29, 0.717) is 17.1 Å². The molecule has 0 aromatic carbocycles. The van der Waals surface area contributed by atoms with E-state index in [1.807, 2.05) is 18.3 Å². The maximum absolute atomic E-state index is 5.84. The lowest BCUT2D eigenvalue weighted by Crippen LogP contribution is -2.52. The van der Waals surface area contributed by atoms with Crippen LogP contribution in [0.25, 0.3) is 0 Å². The number of guanidine groups is 1. The van der Waals surface area contributed by atoms with Crippen molar-refractivity contribution in [2.75, 3.05) is 52.9 Å². The standard InChI is InChI=1S/C20H35ClN6/c1-5-22-20(23-9-8-17-6-7-19(21)24-14-17)25-15-18(16(2)3)27-12-10-26(4)11-13-27/h6-7,14,16,18H,5,8-13,15H2,1-4H3,(H2,22,23,25). The van der Waals surface area contributed by atoms with Crippen LogP contribution in [-0.4, -0.2) is 79.6 Å². The van der Waals surface area contributed by atoms with Crippen LogP contribution in [-0.2, 0) is 6.42 Å². The number of halogens is 1. The van der Waals surface area contributed by atoms with E-state index in [9.17, 15) is 0 Å². The number of nitrogens with one attached hydrogen (secondary N) is 2. The lowest BCUT2D eigenvalue weighted by Gasteiger charge is -2.39. The summed E-state index contributed by atoms with van der Waals surface area (Å²) < 4.78 is 0. The number of aliphatic imine (C=N–C) groups is 1. The molecule has 2 rings (SSSR count). The average Bonchev–Trinajstić information content (AvgIpc) is 2.64. The maximum Gasteiger partial charge on any atom is 0.191 e. The SMILES string of the molecule is CCNC(=NCC(C(C)C)N1CCN(C)CC1)NCCc1ccc(Cl)nc1. The van der Waals surface area contributed by atoms with Crippen LogP contribution in [0.5, 0.6) is 0 Å². The molecular weight excluding hydrogens is 360 g/mol. The first-order valence-corrected chi connectivity index (χ1v) is 10.4. The predicted octanol–water partition coefficient (Wildman–Crippen LogP) is 2.10. The molecular formula is C20H35ClN6. The lowest BCUT2D eigenvalue weighted by atomic mass is 10.0. The van der Waals surface area contributed by atoms with Crippen molar-refractivity contribution in [1.82, 2.24) is 25.4 Å². The molecule has 1 aromatic heterocycles. The number of hydrogen-bond donors (Lipinski definition) is 2. The molecule has 7 heteroatoms. The normalized spacial score (nSPS) is 17.9. The molecule has 0 radical (unpaired) electrons. The molecule has 0 amide bonds. The summed E-state index contributed by atoms with van der Waals surface area (Å²) in [7, 11) is 2.20. The highest BCUT2D eigenvalue weighted by Crippen LogP contribution is 2.14. The quantitative estimate of drug-likeness (QED) is 0.402. The Bertz CT molecular complexity index is 566. The molecule has 27 heavy (non-hydrogen) atoms. The fourth-order valence-corrected chi connectivity index (χ4v) is 3.42. The largest absolute Gasteiger partial charge is 0.357 e. The number of likely N-dealkylation sites (N-methyl/N-ethyl adjacent to an activating group) is 1. The van der Waals surface area contributed by atoms with Crippen molar-refractivity contribution in [3.63, 3.8) is 0 Å². The van der Waals surface area contributed by atoms with Gasteiger partial charge in [-0.25, -0.2) is 4.98 Å². The van der Waals surface area contributed by atoms with E-state index >= 15 is 0 Å². The van der Waals surface area contributed by atoms with Gasteiger partial charge in [-0.3, -0.25) is 9.89 Å². The summed E-state index contributed by atoms with van der Waals surface area (Å²) in [6.45, 7) is 13.7. The van der Waals surface area contributed by atoms with E-state index in [1.165, 1.54) is 5.56 Å². The van der Waals surface area contributed by atoms with Crippen molar-refractivity contribution in [3.05, 3.63) is 29.0 Å². The number of hydrogen-bond acceptors (Lipinski definition) is 4. The van der Waals surface area contributed by atoms with Crippen molar-refractivity contribution in [1.29, 1.82) is 0 Å². The molecule has 0 bridgehead atoms. The number of piperazine rings is 1. The molecule has 1 fully saturated rings. The second-order valence-electron chi connectivity index (χ2n) is 7.54. The first-order valence-electron chi connectivity index (χ1n) is 10.0. The Morgan fingerprint density at radius 2 is 1.96 bits per heavy atom. The zero-order valence-corrected chi connectivity index (χ0v) is 18.0. The summed E-state index contributed by atoms with van der Waals surface area (Å²) >= 11 is 5.84. The predicted molar refractivity (Wildman–Crippen MR) is 115 cm³/mol. The minimum atomic E-state index is 0.481. The molecule has 1 aliphatic heterocycles. The summed E-state index contributed by atoms with van der Waals surface area (Å²) in [5, 5.41) is 7.33. The zero-order chi connectivity index (χ0) is 19.6. The molecule has 1 unspecified atom stereocenters. The van der Waals surface area contributed by atoms with Gasteiger partial charge in [0.25, 0.3) is 0 Å². The summed E-state index contributed by atoms with van der Waals surface area (Å²) in [5.74, 6) is 1.47. The van der Waals surface area contributed by atoms with Gasteiger partial charge in [-0.1, -0.05) is 31.5 Å². The average molecular weight is 395 g/mol. The number of aromatic nitrogens is 1. The summed E-state index contributed by atoms with van der Waals surface area (Å²) in [6.07, 6.45) is 2.72. The maximum atomic E-state index is 5.84. The lowest BCUT2D eigenvalue weighted by molar-refractivity contribution is 0.0925. The summed E-state index contributed by atoms with van der Waals surface area (Å²) in [5.41, 5.74) is 1.17. The molecule has 1 aliphatic rings. The first kappa shape index (κ1) is 21.9. The smallest absolute Gasteiger partial charge is 0.191 e. The molecule has 1 aromatic rings. The topological polar surface area (TPSA) is 55.8 Å². The Balaban J connectivity index is 1.88.